The molecule has 1 atom stereocenters. The Morgan fingerprint density at radius 2 is 2.00 bits per heavy atom. The molecule has 0 spiro atoms. The average molecular weight is 267 g/mol. The lowest BCUT2D eigenvalue weighted by molar-refractivity contribution is -0.174. The summed E-state index contributed by atoms with van der Waals surface area (Å²) in [5.74, 6) is 0. The first-order chi connectivity index (χ1) is 8.39. The number of halogens is 3. The summed E-state index contributed by atoms with van der Waals surface area (Å²) in [6, 6.07) is 0.158. The van der Waals surface area contributed by atoms with Gasteiger partial charge in [0.15, 0.2) is 0 Å². The zero-order valence-corrected chi connectivity index (χ0v) is 11.3. The van der Waals surface area contributed by atoms with Crippen LogP contribution in [0.1, 0.15) is 39.5 Å². The Balaban J connectivity index is 3.89. The number of hydrogen-bond donors (Lipinski definition) is 1. The van der Waals surface area contributed by atoms with E-state index in [-0.39, 0.29) is 12.6 Å². The lowest BCUT2D eigenvalue weighted by Gasteiger charge is -2.19. The molecule has 18 heavy (non-hydrogen) atoms. The topological polar surface area (TPSA) is 21.3 Å². The van der Waals surface area contributed by atoms with E-state index in [1.807, 2.05) is 6.92 Å². The van der Waals surface area contributed by atoms with Crippen molar-refractivity contribution in [2.24, 2.45) is 0 Å². The normalized spacial score (nSPS) is 13.6. The molecule has 0 saturated carbocycles. The Kier molecular flexibility index (Phi) is 9.10. The lowest BCUT2D eigenvalue weighted by atomic mass is 10.0. The first kappa shape index (κ1) is 17.4. The van der Waals surface area contributed by atoms with Crippen LogP contribution in [0.5, 0.6) is 0 Å². The largest absolute Gasteiger partial charge is 0.411 e. The van der Waals surface area contributed by atoms with E-state index >= 15 is 0 Å². The van der Waals surface area contributed by atoms with Crippen LogP contribution >= 0.6 is 0 Å². The maximum absolute atomic E-state index is 11.9. The van der Waals surface area contributed by atoms with E-state index < -0.39 is 12.8 Å². The van der Waals surface area contributed by atoms with Crippen molar-refractivity contribution < 1.29 is 17.9 Å². The summed E-state index contributed by atoms with van der Waals surface area (Å²) in [5, 5.41) is 3.31. The van der Waals surface area contributed by atoms with Crippen molar-refractivity contribution in [2.75, 3.05) is 19.8 Å². The van der Waals surface area contributed by atoms with E-state index in [9.17, 15) is 13.2 Å². The molecule has 2 nitrogen and oxygen atoms in total. The highest BCUT2D eigenvalue weighted by atomic mass is 19.4. The third kappa shape index (κ3) is 10.6. The molecule has 0 aromatic rings. The van der Waals surface area contributed by atoms with E-state index in [2.05, 4.69) is 23.6 Å². The predicted molar refractivity (Wildman–Crippen MR) is 67.6 cm³/mol. The minimum Gasteiger partial charge on any atom is -0.372 e. The molecular formula is C13H24F3NO. The fraction of sp³-hybridized carbons (Fsp3) is 0.846. The Bertz CT molecular complexity index is 229. The summed E-state index contributed by atoms with van der Waals surface area (Å²) in [7, 11) is 0. The summed E-state index contributed by atoms with van der Waals surface area (Å²) in [4.78, 5) is 0. The molecule has 0 fully saturated rings. The van der Waals surface area contributed by atoms with E-state index in [0.29, 0.717) is 6.42 Å². The van der Waals surface area contributed by atoms with Gasteiger partial charge in [-0.25, -0.2) is 0 Å². The molecule has 0 radical (unpaired) electrons. The highest BCUT2D eigenvalue weighted by molar-refractivity contribution is 4.96. The van der Waals surface area contributed by atoms with Crippen LogP contribution < -0.4 is 5.32 Å². The van der Waals surface area contributed by atoms with Crippen LogP contribution in [0, 0.1) is 0 Å². The smallest absolute Gasteiger partial charge is 0.372 e. The Morgan fingerprint density at radius 3 is 2.50 bits per heavy atom. The third-order valence-electron chi connectivity index (χ3n) is 2.59. The third-order valence-corrected chi connectivity index (χ3v) is 2.59. The van der Waals surface area contributed by atoms with Crippen LogP contribution in [0.25, 0.3) is 0 Å². The predicted octanol–water partition coefficient (Wildman–Crippen LogP) is 3.68. The first-order valence-electron chi connectivity index (χ1n) is 6.43. The quantitative estimate of drug-likeness (QED) is 0.481. The molecular weight excluding hydrogens is 243 g/mol. The fourth-order valence-electron chi connectivity index (χ4n) is 1.53. The van der Waals surface area contributed by atoms with Crippen molar-refractivity contribution in [1.29, 1.82) is 0 Å². The fourth-order valence-corrected chi connectivity index (χ4v) is 1.53. The minimum atomic E-state index is -4.24. The SMILES string of the molecule is C=C(CC)CC(CCOCC(F)(F)F)NCCC. The number of ether oxygens (including phenoxy) is 1. The minimum absolute atomic E-state index is 0.123. The van der Waals surface area contributed by atoms with Crippen LogP contribution in [-0.2, 0) is 4.74 Å². The maximum atomic E-state index is 11.9. The van der Waals surface area contributed by atoms with Crippen molar-refractivity contribution >= 4 is 0 Å². The molecule has 0 aromatic heterocycles. The molecule has 0 rings (SSSR count). The van der Waals surface area contributed by atoms with Gasteiger partial charge in [0.2, 0.25) is 0 Å². The molecule has 0 amide bonds. The van der Waals surface area contributed by atoms with E-state index in [1.54, 1.807) is 0 Å². The van der Waals surface area contributed by atoms with Gasteiger partial charge < -0.3 is 10.1 Å². The number of rotatable bonds is 10. The van der Waals surface area contributed by atoms with E-state index in [4.69, 9.17) is 0 Å². The number of hydrogen-bond acceptors (Lipinski definition) is 2. The molecule has 0 aliphatic heterocycles. The highest BCUT2D eigenvalue weighted by Crippen LogP contribution is 2.15. The van der Waals surface area contributed by atoms with Crippen molar-refractivity contribution in [2.45, 2.75) is 51.7 Å². The van der Waals surface area contributed by atoms with Crippen molar-refractivity contribution in [3.05, 3.63) is 12.2 Å². The van der Waals surface area contributed by atoms with Gasteiger partial charge in [-0.05, 0) is 32.2 Å². The van der Waals surface area contributed by atoms with Crippen LogP contribution in [0.2, 0.25) is 0 Å². The van der Waals surface area contributed by atoms with Crippen molar-refractivity contribution in [3.8, 4) is 0 Å². The molecule has 0 aromatic carbocycles. The van der Waals surface area contributed by atoms with Gasteiger partial charge in [-0.3, -0.25) is 0 Å². The lowest BCUT2D eigenvalue weighted by Crippen LogP contribution is -2.32. The average Bonchev–Trinajstić information content (AvgIpc) is 2.29. The van der Waals surface area contributed by atoms with Gasteiger partial charge in [0.1, 0.15) is 6.61 Å². The first-order valence-corrected chi connectivity index (χ1v) is 6.43. The molecule has 5 heteroatoms. The van der Waals surface area contributed by atoms with Gasteiger partial charge >= 0.3 is 6.18 Å². The van der Waals surface area contributed by atoms with Crippen LogP contribution in [0.4, 0.5) is 13.2 Å². The molecule has 0 bridgehead atoms. The molecule has 0 saturated heterocycles. The molecule has 1 N–H and O–H groups in total. The molecule has 1 unspecified atom stereocenters. The van der Waals surface area contributed by atoms with Gasteiger partial charge in [0.25, 0.3) is 0 Å². The molecule has 0 aliphatic rings. The van der Waals surface area contributed by atoms with Crippen LogP contribution in [0.3, 0.4) is 0 Å². The van der Waals surface area contributed by atoms with Gasteiger partial charge in [-0.1, -0.05) is 26.0 Å². The number of alkyl halides is 3. The second-order valence-electron chi connectivity index (χ2n) is 4.42. The second-order valence-corrected chi connectivity index (χ2v) is 4.42. The molecule has 0 heterocycles. The van der Waals surface area contributed by atoms with E-state index in [0.717, 1.165) is 31.4 Å². The highest BCUT2D eigenvalue weighted by Gasteiger charge is 2.27. The van der Waals surface area contributed by atoms with Crippen LogP contribution in [0.15, 0.2) is 12.2 Å². The van der Waals surface area contributed by atoms with Crippen molar-refractivity contribution in [3.63, 3.8) is 0 Å². The van der Waals surface area contributed by atoms with Gasteiger partial charge in [-0.15, -0.1) is 0 Å². The second kappa shape index (κ2) is 9.39. The Hall–Kier alpha value is -0.550. The summed E-state index contributed by atoms with van der Waals surface area (Å²) in [6.45, 7) is 7.83. The summed E-state index contributed by atoms with van der Waals surface area (Å²) >= 11 is 0. The standard InChI is InChI=1S/C13H24F3NO/c1-4-7-17-12(9-11(3)5-2)6-8-18-10-13(14,15)16/h12,17H,3-10H2,1-2H3. The summed E-state index contributed by atoms with van der Waals surface area (Å²) < 4.78 is 40.3. The number of nitrogens with one attached hydrogen (secondary N) is 1. The van der Waals surface area contributed by atoms with Crippen molar-refractivity contribution in [1.82, 2.24) is 5.32 Å². The van der Waals surface area contributed by atoms with Gasteiger partial charge in [-0.2, -0.15) is 13.2 Å². The zero-order chi connectivity index (χ0) is 14.0. The summed E-state index contributed by atoms with van der Waals surface area (Å²) in [5.41, 5.74) is 1.11. The Morgan fingerprint density at radius 1 is 1.33 bits per heavy atom. The van der Waals surface area contributed by atoms with E-state index in [1.165, 1.54) is 0 Å². The van der Waals surface area contributed by atoms with Gasteiger partial charge in [0, 0.05) is 12.6 Å². The Labute approximate surface area is 108 Å². The van der Waals surface area contributed by atoms with Gasteiger partial charge in [0.05, 0.1) is 0 Å². The molecule has 108 valence electrons. The monoisotopic (exact) mass is 267 g/mol. The zero-order valence-electron chi connectivity index (χ0n) is 11.3. The molecule has 0 aliphatic carbocycles. The maximum Gasteiger partial charge on any atom is 0.411 e. The van der Waals surface area contributed by atoms with Crippen LogP contribution in [-0.4, -0.2) is 32.0 Å². The summed E-state index contributed by atoms with van der Waals surface area (Å²) in [6.07, 6.45) is -0.966.